The molecule has 0 atom stereocenters. The fourth-order valence-electron chi connectivity index (χ4n) is 4.68. The lowest BCUT2D eigenvalue weighted by Gasteiger charge is -2.32. The molecule has 1 fully saturated rings. The minimum Gasteiger partial charge on any atom is -0.463 e. The van der Waals surface area contributed by atoms with E-state index in [9.17, 15) is 8.78 Å². The van der Waals surface area contributed by atoms with Crippen molar-refractivity contribution in [1.82, 2.24) is 14.9 Å². The maximum Gasteiger partial charge on any atom is 0.318 e. The van der Waals surface area contributed by atoms with Crippen LogP contribution in [0.4, 0.5) is 20.3 Å². The fourth-order valence-corrected chi connectivity index (χ4v) is 4.68. The van der Waals surface area contributed by atoms with Crippen LogP contribution in [-0.4, -0.2) is 60.9 Å². The van der Waals surface area contributed by atoms with Crippen LogP contribution >= 0.6 is 0 Å². The maximum absolute atomic E-state index is 13.6. The molecule has 2 aliphatic rings. The molecular formula is C25H29F2N5O2. The molecule has 7 nitrogen and oxygen atoms in total. The van der Waals surface area contributed by atoms with Crippen LogP contribution in [0.3, 0.4) is 0 Å². The Morgan fingerprint density at radius 3 is 2.74 bits per heavy atom. The van der Waals surface area contributed by atoms with Gasteiger partial charge in [-0.2, -0.15) is 9.97 Å². The van der Waals surface area contributed by atoms with Gasteiger partial charge in [-0.3, -0.25) is 4.90 Å². The lowest BCUT2D eigenvalue weighted by Crippen LogP contribution is -2.37. The largest absolute Gasteiger partial charge is 0.463 e. The molecule has 180 valence electrons. The summed E-state index contributed by atoms with van der Waals surface area (Å²) in [6.45, 7) is 5.99. The summed E-state index contributed by atoms with van der Waals surface area (Å²) in [6.07, 6.45) is -1.03. The number of benzene rings is 2. The Balaban J connectivity index is 1.32. The maximum atomic E-state index is 13.6. The summed E-state index contributed by atoms with van der Waals surface area (Å²) >= 11 is 0. The Kier molecular flexibility index (Phi) is 6.73. The number of nitrogen functional groups attached to an aromatic ring is 1. The Bertz CT molecular complexity index is 1150. The summed E-state index contributed by atoms with van der Waals surface area (Å²) in [5.74, 6) is 0.430. The third-order valence-corrected chi connectivity index (χ3v) is 6.49. The number of alkyl halides is 2. The van der Waals surface area contributed by atoms with Gasteiger partial charge in [0.25, 0.3) is 6.43 Å². The number of anilines is 2. The average Bonchev–Trinajstić information content (AvgIpc) is 2.86. The number of nitrogens with two attached hydrogens (primary N) is 1. The Morgan fingerprint density at radius 2 is 1.91 bits per heavy atom. The molecule has 1 aromatic heterocycles. The molecule has 0 amide bonds. The number of hydrogen-bond acceptors (Lipinski definition) is 7. The molecular weight excluding hydrogens is 440 g/mol. The van der Waals surface area contributed by atoms with Gasteiger partial charge in [-0.25, -0.2) is 8.78 Å². The molecule has 0 bridgehead atoms. The van der Waals surface area contributed by atoms with Crippen LogP contribution in [-0.2, 0) is 17.7 Å². The Morgan fingerprint density at radius 1 is 1.09 bits per heavy atom. The van der Waals surface area contributed by atoms with E-state index in [2.05, 4.69) is 19.8 Å². The van der Waals surface area contributed by atoms with E-state index in [0.29, 0.717) is 31.9 Å². The Hall–Kier alpha value is -3.04. The predicted molar refractivity (Wildman–Crippen MR) is 127 cm³/mol. The first-order chi connectivity index (χ1) is 16.6. The highest BCUT2D eigenvalue weighted by atomic mass is 19.3. The summed E-state index contributed by atoms with van der Waals surface area (Å²) in [7, 11) is 0. The lowest BCUT2D eigenvalue weighted by molar-refractivity contribution is 0.0356. The standard InChI is InChI=1S/C25H29F2N5O2/c26-23(27)18-14-17-4-1-2-5-19(17)22(15-18)32-8-6-20-21(16-32)29-25(30-24(20)28)34-11-3-7-31-9-12-33-13-10-31/h1-2,4-5,14-15,23H,3,6-13,16H2,(H2,28,29,30). The van der Waals surface area contributed by atoms with E-state index >= 15 is 0 Å². The first-order valence-electron chi connectivity index (χ1n) is 11.7. The van der Waals surface area contributed by atoms with Crippen LogP contribution in [0.2, 0.25) is 0 Å². The van der Waals surface area contributed by atoms with Gasteiger partial charge in [0, 0.05) is 48.4 Å². The summed E-state index contributed by atoms with van der Waals surface area (Å²) in [5.41, 5.74) is 8.73. The number of halogens is 2. The molecule has 0 unspecified atom stereocenters. The lowest BCUT2D eigenvalue weighted by atomic mass is 10.0. The van der Waals surface area contributed by atoms with E-state index in [0.717, 1.165) is 67.0 Å². The molecule has 2 aliphatic heterocycles. The number of fused-ring (bicyclic) bond motifs is 2. The van der Waals surface area contributed by atoms with Crippen molar-refractivity contribution in [3.05, 3.63) is 53.2 Å². The van der Waals surface area contributed by atoms with Crippen LogP contribution in [0.25, 0.3) is 10.8 Å². The minimum atomic E-state index is -2.53. The van der Waals surface area contributed by atoms with Gasteiger partial charge < -0.3 is 20.1 Å². The van der Waals surface area contributed by atoms with Gasteiger partial charge in [0.15, 0.2) is 0 Å². The highest BCUT2D eigenvalue weighted by molar-refractivity contribution is 5.95. The number of aromatic nitrogens is 2. The topological polar surface area (TPSA) is 76.7 Å². The van der Waals surface area contributed by atoms with Crippen molar-refractivity contribution in [1.29, 1.82) is 0 Å². The molecule has 2 N–H and O–H groups in total. The van der Waals surface area contributed by atoms with Crippen molar-refractivity contribution in [2.45, 2.75) is 25.8 Å². The van der Waals surface area contributed by atoms with Crippen LogP contribution < -0.4 is 15.4 Å². The van der Waals surface area contributed by atoms with E-state index in [1.807, 2.05) is 24.3 Å². The normalized spacial score (nSPS) is 16.7. The zero-order chi connectivity index (χ0) is 23.5. The molecule has 2 aromatic carbocycles. The third kappa shape index (κ3) is 4.90. The monoisotopic (exact) mass is 469 g/mol. The van der Waals surface area contributed by atoms with Gasteiger partial charge >= 0.3 is 6.01 Å². The smallest absolute Gasteiger partial charge is 0.318 e. The van der Waals surface area contributed by atoms with Crippen molar-refractivity contribution in [2.75, 3.05) is 56.6 Å². The van der Waals surface area contributed by atoms with Crippen LogP contribution in [0.15, 0.2) is 36.4 Å². The van der Waals surface area contributed by atoms with E-state index in [1.165, 1.54) is 0 Å². The van der Waals surface area contributed by atoms with Crippen LogP contribution in [0, 0.1) is 0 Å². The van der Waals surface area contributed by atoms with Crippen LogP contribution in [0.5, 0.6) is 6.01 Å². The SMILES string of the molecule is Nc1nc(OCCCN2CCOCC2)nc2c1CCN(c1cc(C(F)F)cc3ccccc13)C2. The number of rotatable bonds is 7. The van der Waals surface area contributed by atoms with E-state index in [4.69, 9.17) is 15.2 Å². The molecule has 9 heteroatoms. The van der Waals surface area contributed by atoms with Gasteiger partial charge in [0.1, 0.15) is 5.82 Å². The van der Waals surface area contributed by atoms with E-state index < -0.39 is 6.43 Å². The van der Waals surface area contributed by atoms with Crippen molar-refractivity contribution in [2.24, 2.45) is 0 Å². The second-order valence-corrected chi connectivity index (χ2v) is 8.71. The molecule has 3 heterocycles. The molecule has 1 saturated heterocycles. The minimum absolute atomic E-state index is 0.0194. The molecule has 0 saturated carbocycles. The second-order valence-electron chi connectivity index (χ2n) is 8.71. The van der Waals surface area contributed by atoms with Crippen molar-refractivity contribution in [3.8, 4) is 6.01 Å². The molecule has 34 heavy (non-hydrogen) atoms. The zero-order valence-corrected chi connectivity index (χ0v) is 19.1. The Labute approximate surface area is 197 Å². The van der Waals surface area contributed by atoms with E-state index in [-0.39, 0.29) is 11.6 Å². The first-order valence-corrected chi connectivity index (χ1v) is 11.7. The van der Waals surface area contributed by atoms with Crippen molar-refractivity contribution >= 4 is 22.3 Å². The first kappa shape index (κ1) is 22.7. The third-order valence-electron chi connectivity index (χ3n) is 6.49. The molecule has 0 spiro atoms. The van der Waals surface area contributed by atoms with Gasteiger partial charge in [-0.05, 0) is 30.4 Å². The van der Waals surface area contributed by atoms with Crippen LogP contribution in [0.1, 0.15) is 29.7 Å². The van der Waals surface area contributed by atoms with Crippen molar-refractivity contribution < 1.29 is 18.3 Å². The average molecular weight is 470 g/mol. The number of ether oxygens (including phenoxy) is 2. The summed E-state index contributed by atoms with van der Waals surface area (Å²) < 4.78 is 38.3. The van der Waals surface area contributed by atoms with Gasteiger partial charge in [-0.15, -0.1) is 0 Å². The molecule has 5 rings (SSSR count). The molecule has 0 radical (unpaired) electrons. The highest BCUT2D eigenvalue weighted by Gasteiger charge is 2.24. The fraction of sp³-hybridized carbons (Fsp3) is 0.440. The van der Waals surface area contributed by atoms with Crippen molar-refractivity contribution in [3.63, 3.8) is 0 Å². The summed E-state index contributed by atoms with van der Waals surface area (Å²) in [5, 5.41) is 1.74. The zero-order valence-electron chi connectivity index (χ0n) is 19.1. The highest BCUT2D eigenvalue weighted by Crippen LogP contribution is 2.35. The number of nitrogens with zero attached hydrogens (tertiary/aromatic N) is 4. The summed E-state index contributed by atoms with van der Waals surface area (Å²) in [4.78, 5) is 13.4. The number of hydrogen-bond donors (Lipinski definition) is 1. The molecule has 0 aliphatic carbocycles. The predicted octanol–water partition coefficient (Wildman–Crippen LogP) is 3.81. The quantitative estimate of drug-likeness (QED) is 0.527. The molecule has 3 aromatic rings. The second kappa shape index (κ2) is 10.1. The summed E-state index contributed by atoms with van der Waals surface area (Å²) in [6, 6.07) is 11.0. The number of morpholine rings is 1. The van der Waals surface area contributed by atoms with Gasteiger partial charge in [-0.1, -0.05) is 24.3 Å². The van der Waals surface area contributed by atoms with Gasteiger partial charge in [0.2, 0.25) is 0 Å². The van der Waals surface area contributed by atoms with E-state index in [1.54, 1.807) is 12.1 Å². The van der Waals surface area contributed by atoms with Gasteiger partial charge in [0.05, 0.1) is 32.1 Å².